The average molecular weight is 568 g/mol. The molecule has 202 valence electrons. The van der Waals surface area contributed by atoms with Gasteiger partial charge in [-0.15, -0.1) is 5.10 Å². The Morgan fingerprint density at radius 2 is 1.51 bits per heavy atom. The lowest BCUT2D eigenvalue weighted by Gasteiger charge is -2.22. The van der Waals surface area contributed by atoms with Crippen molar-refractivity contribution in [1.82, 2.24) is 4.72 Å². The fraction of sp³-hybridized carbons (Fsp3) is 0.0769. The van der Waals surface area contributed by atoms with Gasteiger partial charge in [0.1, 0.15) is 0 Å². The number of rotatable bonds is 10. The van der Waals surface area contributed by atoms with E-state index in [0.29, 0.717) is 15.2 Å². The first-order valence-electron chi connectivity index (χ1n) is 11.5. The maximum absolute atomic E-state index is 13.5. The van der Waals surface area contributed by atoms with Gasteiger partial charge in [-0.2, -0.15) is 12.8 Å². The molecule has 0 fully saturated rings. The van der Waals surface area contributed by atoms with E-state index in [-0.39, 0.29) is 21.0 Å². The molecule has 0 bridgehead atoms. The number of nitrogens with one attached hydrogen (secondary N) is 1. The molecule has 0 aromatic heterocycles. The molecule has 0 aliphatic heterocycles. The molecule has 6 N–H and O–H groups in total. The highest BCUT2D eigenvalue weighted by atomic mass is 32.2. The van der Waals surface area contributed by atoms with Crippen LogP contribution in [-0.2, 0) is 24.8 Å². The van der Waals surface area contributed by atoms with Crippen LogP contribution in [0.4, 0.5) is 5.69 Å². The summed E-state index contributed by atoms with van der Waals surface area (Å²) in [6.45, 7) is 0. The highest BCUT2D eigenvalue weighted by Crippen LogP contribution is 2.30. The number of carbonyl (C=O) groups is 1. The van der Waals surface area contributed by atoms with E-state index in [1.54, 1.807) is 42.5 Å². The molecule has 0 aliphatic rings. The molecule has 4 rings (SSSR count). The number of fused-ring (bicyclic) bond motifs is 1. The zero-order valence-electron chi connectivity index (χ0n) is 20.4. The summed E-state index contributed by atoms with van der Waals surface area (Å²) in [6.07, 6.45) is -0.624. The lowest BCUT2D eigenvalue weighted by Crippen LogP contribution is -2.33. The number of sulfonamides is 2. The summed E-state index contributed by atoms with van der Waals surface area (Å²) in [6, 6.07) is 23.5. The fourth-order valence-corrected chi connectivity index (χ4v) is 6.74. The fourth-order valence-electron chi connectivity index (χ4n) is 3.99. The third-order valence-electron chi connectivity index (χ3n) is 5.68. The monoisotopic (exact) mass is 567 g/mol. The lowest BCUT2D eigenvalue weighted by molar-refractivity contribution is -0.137. The minimum absolute atomic E-state index is 0.0269. The largest absolute Gasteiger partial charge is 0.481 e. The van der Waals surface area contributed by atoms with E-state index in [4.69, 9.17) is 11.5 Å². The number of hydrogen-bond acceptors (Lipinski definition) is 6. The number of guanidine groups is 1. The van der Waals surface area contributed by atoms with Crippen LogP contribution in [0.2, 0.25) is 0 Å². The quantitative estimate of drug-likeness (QED) is 0.128. The smallest absolute Gasteiger partial charge is 0.305 e. The zero-order valence-corrected chi connectivity index (χ0v) is 22.0. The van der Waals surface area contributed by atoms with Gasteiger partial charge in [-0.05, 0) is 41.3 Å². The Morgan fingerprint density at radius 3 is 2.21 bits per heavy atom. The van der Waals surface area contributed by atoms with Crippen LogP contribution in [0.15, 0.2) is 112 Å². The van der Waals surface area contributed by atoms with Gasteiger partial charge in [0.15, 0.2) is 0 Å². The number of carboxylic acid groups (broad SMARTS) is 1. The van der Waals surface area contributed by atoms with E-state index in [1.807, 2.05) is 0 Å². The molecule has 0 heterocycles. The van der Waals surface area contributed by atoms with Crippen LogP contribution < -0.4 is 20.6 Å². The Morgan fingerprint density at radius 1 is 0.872 bits per heavy atom. The number of aliphatic carboxylic acids is 1. The van der Waals surface area contributed by atoms with Gasteiger partial charge >= 0.3 is 5.97 Å². The predicted molar refractivity (Wildman–Crippen MR) is 148 cm³/mol. The van der Waals surface area contributed by atoms with E-state index in [2.05, 4.69) is 9.82 Å². The first kappa shape index (κ1) is 27.6. The minimum atomic E-state index is -4.29. The van der Waals surface area contributed by atoms with E-state index < -0.39 is 44.4 Å². The molecule has 0 aliphatic carbocycles. The summed E-state index contributed by atoms with van der Waals surface area (Å²) < 4.78 is 56.7. The maximum atomic E-state index is 13.5. The molecular formula is C26H25N5O6S2. The third-order valence-corrected chi connectivity index (χ3v) is 8.83. The Bertz CT molecular complexity index is 1750. The van der Waals surface area contributed by atoms with Crippen molar-refractivity contribution in [3.63, 3.8) is 0 Å². The van der Waals surface area contributed by atoms with Crippen molar-refractivity contribution in [2.24, 2.45) is 16.6 Å². The second-order valence-corrected chi connectivity index (χ2v) is 11.9. The zero-order chi connectivity index (χ0) is 28.2. The van der Waals surface area contributed by atoms with Crippen molar-refractivity contribution >= 4 is 48.4 Å². The Kier molecular flexibility index (Phi) is 7.85. The van der Waals surface area contributed by atoms with E-state index in [9.17, 15) is 26.7 Å². The Labute approximate surface area is 225 Å². The topological polar surface area (TPSA) is 185 Å². The van der Waals surface area contributed by atoms with E-state index in [0.717, 1.165) is 0 Å². The molecule has 13 heteroatoms. The van der Waals surface area contributed by atoms with E-state index in [1.165, 1.54) is 54.6 Å². The molecule has 11 nitrogen and oxygen atoms in total. The molecule has 1 unspecified atom stereocenters. The Balaban J connectivity index is 1.78. The number of hydrogen-bond donors (Lipinski definition) is 4. The lowest BCUT2D eigenvalue weighted by atomic mass is 10.0. The molecule has 0 saturated carbocycles. The van der Waals surface area contributed by atoms with Gasteiger partial charge < -0.3 is 16.6 Å². The first-order chi connectivity index (χ1) is 18.5. The number of hydrazone groups is 1. The summed E-state index contributed by atoms with van der Waals surface area (Å²) in [5.41, 5.74) is 11.2. The molecule has 0 radical (unpaired) electrons. The molecule has 39 heavy (non-hydrogen) atoms. The number of nitrogens with zero attached hydrogens (tertiary/aromatic N) is 2. The number of benzene rings is 4. The summed E-state index contributed by atoms with van der Waals surface area (Å²) >= 11 is 0. The summed E-state index contributed by atoms with van der Waals surface area (Å²) in [7, 11) is -8.50. The van der Waals surface area contributed by atoms with Crippen LogP contribution in [-0.4, -0.2) is 33.9 Å². The maximum Gasteiger partial charge on any atom is 0.305 e. The van der Waals surface area contributed by atoms with Crippen LogP contribution in [0, 0.1) is 0 Å². The number of nitrogens with two attached hydrogens (primary N) is 2. The second-order valence-electron chi connectivity index (χ2n) is 8.43. The molecular weight excluding hydrogens is 542 g/mol. The summed E-state index contributed by atoms with van der Waals surface area (Å²) in [5, 5.41) is 14.5. The van der Waals surface area contributed by atoms with Crippen molar-refractivity contribution < 1.29 is 26.7 Å². The molecule has 0 amide bonds. The van der Waals surface area contributed by atoms with E-state index >= 15 is 0 Å². The van der Waals surface area contributed by atoms with Crippen LogP contribution in [0.5, 0.6) is 0 Å². The van der Waals surface area contributed by atoms with Crippen LogP contribution in [0.1, 0.15) is 18.0 Å². The second kappa shape index (κ2) is 11.1. The van der Waals surface area contributed by atoms with Gasteiger partial charge in [-0.3, -0.25) is 4.79 Å². The third kappa shape index (κ3) is 6.17. The van der Waals surface area contributed by atoms with Crippen molar-refractivity contribution in [2.45, 2.75) is 22.3 Å². The first-order valence-corrected chi connectivity index (χ1v) is 14.4. The van der Waals surface area contributed by atoms with Crippen molar-refractivity contribution in [1.29, 1.82) is 0 Å². The summed E-state index contributed by atoms with van der Waals surface area (Å²) in [5.74, 6) is -1.82. The standard InChI is InChI=1S/C26H25N5O6S2/c27-26(28)29-31(39(36,37)21-12-2-1-3-13-21)20-11-6-10-19(16-20)23(17-25(32)33)30-38(34,35)24-15-7-9-18-8-4-5-14-22(18)24/h1-16,23,30H,17H2,(H,32,33)(H4,27,28,29). The van der Waals surface area contributed by atoms with Crippen molar-refractivity contribution in [3.05, 3.63) is 103 Å². The van der Waals surface area contributed by atoms with Gasteiger partial charge in [-0.1, -0.05) is 66.7 Å². The van der Waals surface area contributed by atoms with Gasteiger partial charge in [0.2, 0.25) is 16.0 Å². The average Bonchev–Trinajstić information content (AvgIpc) is 2.91. The normalized spacial score (nSPS) is 12.5. The number of anilines is 1. The van der Waals surface area contributed by atoms with Crippen LogP contribution in [0.3, 0.4) is 0 Å². The SMILES string of the molecule is NC(N)=NN(c1cccc(C(CC(=O)O)NS(=O)(=O)c2cccc3ccccc23)c1)S(=O)(=O)c1ccccc1. The summed E-state index contributed by atoms with van der Waals surface area (Å²) in [4.78, 5) is 11.6. The highest BCUT2D eigenvalue weighted by Gasteiger charge is 2.28. The van der Waals surface area contributed by atoms with Gasteiger partial charge in [0.25, 0.3) is 10.0 Å². The van der Waals surface area contributed by atoms with Crippen LogP contribution >= 0.6 is 0 Å². The van der Waals surface area contributed by atoms with Gasteiger partial charge in [-0.25, -0.2) is 13.1 Å². The minimum Gasteiger partial charge on any atom is -0.481 e. The molecule has 4 aromatic carbocycles. The van der Waals surface area contributed by atoms with Crippen LogP contribution in [0.25, 0.3) is 10.8 Å². The van der Waals surface area contributed by atoms with Gasteiger partial charge in [0.05, 0.1) is 27.9 Å². The van der Waals surface area contributed by atoms with Crippen molar-refractivity contribution in [2.75, 3.05) is 4.41 Å². The predicted octanol–water partition coefficient (Wildman–Crippen LogP) is 2.72. The van der Waals surface area contributed by atoms with Crippen molar-refractivity contribution in [3.8, 4) is 0 Å². The molecule has 0 saturated heterocycles. The molecule has 0 spiro atoms. The number of carboxylic acids is 1. The molecule has 4 aromatic rings. The Hall–Kier alpha value is -4.46. The molecule has 1 atom stereocenters. The van der Waals surface area contributed by atoms with Gasteiger partial charge in [0, 0.05) is 5.39 Å². The highest BCUT2D eigenvalue weighted by molar-refractivity contribution is 7.92.